The number of hydrogen-bond acceptors (Lipinski definition) is 5. The normalized spacial score (nSPS) is 25.1. The second-order valence-corrected chi connectivity index (χ2v) is 4.92. The lowest BCUT2D eigenvalue weighted by atomic mass is 9.96. The number of hydrogen-bond donors (Lipinski definition) is 1. The molecular weight excluding hydrogens is 248 g/mol. The van der Waals surface area contributed by atoms with Crippen molar-refractivity contribution in [2.24, 2.45) is 5.92 Å². The van der Waals surface area contributed by atoms with Gasteiger partial charge in [-0.1, -0.05) is 0 Å². The van der Waals surface area contributed by atoms with E-state index in [1.54, 1.807) is 4.90 Å². The highest BCUT2D eigenvalue weighted by atomic mass is 16.5. The highest BCUT2D eigenvalue weighted by molar-refractivity contribution is 5.82. The van der Waals surface area contributed by atoms with Gasteiger partial charge in [0.1, 0.15) is 6.10 Å². The van der Waals surface area contributed by atoms with Gasteiger partial charge in [-0.15, -0.1) is 0 Å². The first-order chi connectivity index (χ1) is 9.22. The Labute approximate surface area is 113 Å². The minimum Gasteiger partial charge on any atom is -0.466 e. The van der Waals surface area contributed by atoms with Gasteiger partial charge in [-0.3, -0.25) is 9.59 Å². The largest absolute Gasteiger partial charge is 0.466 e. The van der Waals surface area contributed by atoms with E-state index in [9.17, 15) is 9.59 Å². The fraction of sp³-hybridized carbons (Fsp3) is 0.846. The third kappa shape index (κ3) is 3.67. The molecule has 0 radical (unpaired) electrons. The Bertz CT molecular complexity index is 321. The number of carbonyl (C=O) groups is 2. The fourth-order valence-corrected chi connectivity index (χ4v) is 2.52. The number of rotatable bonds is 3. The third-order valence-corrected chi connectivity index (χ3v) is 3.63. The zero-order valence-corrected chi connectivity index (χ0v) is 11.4. The Hall–Kier alpha value is -1.14. The molecule has 2 aliphatic heterocycles. The van der Waals surface area contributed by atoms with Crippen molar-refractivity contribution in [2.75, 3.05) is 39.4 Å². The van der Waals surface area contributed by atoms with Crippen LogP contribution in [0.4, 0.5) is 0 Å². The summed E-state index contributed by atoms with van der Waals surface area (Å²) in [5, 5.41) is 3.15. The van der Waals surface area contributed by atoms with Crippen LogP contribution >= 0.6 is 0 Å². The first-order valence-electron chi connectivity index (χ1n) is 7.00. The molecule has 0 aromatic carbocycles. The van der Waals surface area contributed by atoms with Crippen molar-refractivity contribution >= 4 is 11.9 Å². The number of morpholine rings is 1. The van der Waals surface area contributed by atoms with E-state index in [2.05, 4.69) is 5.32 Å². The average molecular weight is 270 g/mol. The van der Waals surface area contributed by atoms with Crippen molar-refractivity contribution in [3.05, 3.63) is 0 Å². The van der Waals surface area contributed by atoms with Crippen LogP contribution in [-0.4, -0.2) is 62.3 Å². The maximum atomic E-state index is 12.2. The maximum Gasteiger partial charge on any atom is 0.309 e. The first kappa shape index (κ1) is 14.3. The first-order valence-corrected chi connectivity index (χ1v) is 7.00. The molecule has 1 atom stereocenters. The number of ether oxygens (including phenoxy) is 2. The van der Waals surface area contributed by atoms with Crippen LogP contribution in [0, 0.1) is 5.92 Å². The molecule has 108 valence electrons. The molecule has 2 heterocycles. The summed E-state index contributed by atoms with van der Waals surface area (Å²) in [4.78, 5) is 25.6. The van der Waals surface area contributed by atoms with E-state index in [1.165, 1.54) is 0 Å². The van der Waals surface area contributed by atoms with Gasteiger partial charge in [-0.25, -0.2) is 0 Å². The standard InChI is InChI=1S/C13H22N2O4/c1-2-18-13(17)10-3-6-15(7-4-10)12(16)11-9-14-5-8-19-11/h10-11,14H,2-9H2,1H3. The van der Waals surface area contributed by atoms with Crippen LogP contribution in [0.25, 0.3) is 0 Å². The number of amides is 1. The lowest BCUT2D eigenvalue weighted by Crippen LogP contribution is -2.51. The summed E-state index contributed by atoms with van der Waals surface area (Å²) in [6.07, 6.45) is 1.00. The minimum absolute atomic E-state index is 0.0366. The Kier molecular flexibility index (Phi) is 5.15. The topological polar surface area (TPSA) is 67.9 Å². The molecule has 0 bridgehead atoms. The van der Waals surface area contributed by atoms with E-state index in [1.807, 2.05) is 6.92 Å². The van der Waals surface area contributed by atoms with Crippen molar-refractivity contribution in [3.63, 3.8) is 0 Å². The minimum atomic E-state index is -0.368. The lowest BCUT2D eigenvalue weighted by Gasteiger charge is -2.34. The molecule has 1 unspecified atom stereocenters. The summed E-state index contributed by atoms with van der Waals surface area (Å²) < 4.78 is 10.5. The number of esters is 1. The Morgan fingerprint density at radius 1 is 1.37 bits per heavy atom. The van der Waals surface area contributed by atoms with Gasteiger partial charge < -0.3 is 19.7 Å². The highest BCUT2D eigenvalue weighted by Gasteiger charge is 2.32. The Morgan fingerprint density at radius 3 is 2.68 bits per heavy atom. The van der Waals surface area contributed by atoms with Crippen LogP contribution in [0.1, 0.15) is 19.8 Å². The van der Waals surface area contributed by atoms with Crippen molar-refractivity contribution in [2.45, 2.75) is 25.9 Å². The molecule has 2 saturated heterocycles. The van der Waals surface area contributed by atoms with Crippen LogP contribution < -0.4 is 5.32 Å². The van der Waals surface area contributed by atoms with Gasteiger partial charge in [-0.05, 0) is 19.8 Å². The van der Waals surface area contributed by atoms with Crippen molar-refractivity contribution in [1.29, 1.82) is 0 Å². The highest BCUT2D eigenvalue weighted by Crippen LogP contribution is 2.19. The Balaban J connectivity index is 1.79. The van der Waals surface area contributed by atoms with E-state index in [0.29, 0.717) is 45.7 Å². The van der Waals surface area contributed by atoms with Crippen LogP contribution in [0.15, 0.2) is 0 Å². The van der Waals surface area contributed by atoms with Gasteiger partial charge in [0.25, 0.3) is 5.91 Å². The third-order valence-electron chi connectivity index (χ3n) is 3.63. The number of carbonyl (C=O) groups excluding carboxylic acids is 2. The van der Waals surface area contributed by atoms with E-state index in [4.69, 9.17) is 9.47 Å². The Morgan fingerprint density at radius 2 is 2.11 bits per heavy atom. The molecule has 0 spiro atoms. The molecule has 2 aliphatic rings. The van der Waals surface area contributed by atoms with Gasteiger partial charge in [0, 0.05) is 26.2 Å². The van der Waals surface area contributed by atoms with Crippen LogP contribution in [0.5, 0.6) is 0 Å². The molecule has 1 N–H and O–H groups in total. The van der Waals surface area contributed by atoms with Crippen molar-refractivity contribution in [1.82, 2.24) is 10.2 Å². The van der Waals surface area contributed by atoms with Gasteiger partial charge in [0.15, 0.2) is 0 Å². The molecule has 6 heteroatoms. The molecule has 0 aromatic heterocycles. The fourth-order valence-electron chi connectivity index (χ4n) is 2.52. The van der Waals surface area contributed by atoms with E-state index in [0.717, 1.165) is 6.54 Å². The molecule has 1 amide bonds. The van der Waals surface area contributed by atoms with Crippen molar-refractivity contribution in [3.8, 4) is 0 Å². The van der Waals surface area contributed by atoms with E-state index >= 15 is 0 Å². The van der Waals surface area contributed by atoms with Crippen molar-refractivity contribution < 1.29 is 19.1 Å². The summed E-state index contributed by atoms with van der Waals surface area (Å²) in [5.41, 5.74) is 0. The predicted octanol–water partition coefficient (Wildman–Crippen LogP) is -0.223. The summed E-state index contributed by atoms with van der Waals surface area (Å²) in [7, 11) is 0. The molecule has 19 heavy (non-hydrogen) atoms. The summed E-state index contributed by atoms with van der Waals surface area (Å²) in [6, 6.07) is 0. The van der Waals surface area contributed by atoms with Crippen LogP contribution in [0.3, 0.4) is 0 Å². The molecule has 6 nitrogen and oxygen atoms in total. The number of nitrogens with zero attached hydrogens (tertiary/aromatic N) is 1. The van der Waals surface area contributed by atoms with Gasteiger partial charge in [0.05, 0.1) is 19.1 Å². The molecule has 0 aliphatic carbocycles. The second kappa shape index (κ2) is 6.86. The van der Waals surface area contributed by atoms with E-state index < -0.39 is 0 Å². The SMILES string of the molecule is CCOC(=O)C1CCN(C(=O)C2CNCCO2)CC1. The number of likely N-dealkylation sites (tertiary alicyclic amines) is 1. The lowest BCUT2D eigenvalue weighted by molar-refractivity contribution is -0.154. The summed E-state index contributed by atoms with van der Waals surface area (Å²) >= 11 is 0. The van der Waals surface area contributed by atoms with Gasteiger partial charge in [0.2, 0.25) is 0 Å². The average Bonchev–Trinajstić information content (AvgIpc) is 2.48. The maximum absolute atomic E-state index is 12.2. The summed E-state index contributed by atoms with van der Waals surface area (Å²) in [6.45, 7) is 5.41. The van der Waals surface area contributed by atoms with Gasteiger partial charge in [-0.2, -0.15) is 0 Å². The zero-order valence-electron chi connectivity index (χ0n) is 11.4. The molecular formula is C13H22N2O4. The summed E-state index contributed by atoms with van der Waals surface area (Å²) in [5.74, 6) is -0.158. The number of nitrogens with one attached hydrogen (secondary N) is 1. The van der Waals surface area contributed by atoms with E-state index in [-0.39, 0.29) is 23.9 Å². The van der Waals surface area contributed by atoms with Gasteiger partial charge >= 0.3 is 5.97 Å². The molecule has 0 saturated carbocycles. The predicted molar refractivity (Wildman–Crippen MR) is 68.5 cm³/mol. The molecule has 0 aromatic rings. The van der Waals surface area contributed by atoms with Crippen LogP contribution in [0.2, 0.25) is 0 Å². The zero-order chi connectivity index (χ0) is 13.7. The monoisotopic (exact) mass is 270 g/mol. The van der Waals surface area contributed by atoms with Crippen LogP contribution in [-0.2, 0) is 19.1 Å². The molecule has 2 rings (SSSR count). The molecule has 2 fully saturated rings. The second-order valence-electron chi connectivity index (χ2n) is 4.92. The number of piperidine rings is 1. The quantitative estimate of drug-likeness (QED) is 0.718. The smallest absolute Gasteiger partial charge is 0.309 e.